The number of hydrogen-bond donors (Lipinski definition) is 1. The number of hydrogen-bond acceptors (Lipinski definition) is 3. The van der Waals surface area contributed by atoms with Crippen LogP contribution < -0.4 is 5.32 Å². The lowest BCUT2D eigenvalue weighted by atomic mass is 10.2. The highest BCUT2D eigenvalue weighted by Crippen LogP contribution is 2.15. The summed E-state index contributed by atoms with van der Waals surface area (Å²) in [5.41, 5.74) is 2.22. The van der Waals surface area contributed by atoms with Crippen molar-refractivity contribution in [2.24, 2.45) is 0 Å². The lowest BCUT2D eigenvalue weighted by molar-refractivity contribution is 1.29. The summed E-state index contributed by atoms with van der Waals surface area (Å²) in [6, 6.07) is 13.0. The predicted molar refractivity (Wildman–Crippen MR) is 66.6 cm³/mol. The lowest BCUT2D eigenvalue weighted by Crippen LogP contribution is -1.93. The fourth-order valence-electron chi connectivity index (χ4n) is 1.37. The number of pyridine rings is 1. The molecule has 3 heteroatoms. The van der Waals surface area contributed by atoms with Crippen LogP contribution >= 0.6 is 0 Å². The molecule has 80 valence electrons. The second-order valence-electron chi connectivity index (χ2n) is 3.39. The predicted octanol–water partition coefficient (Wildman–Crippen LogP) is 2.68. The molecule has 0 unspecified atom stereocenters. The quantitative estimate of drug-likeness (QED) is 0.790. The smallest absolute Gasteiger partial charge is 0.130 e. The van der Waals surface area contributed by atoms with Gasteiger partial charge in [-0.1, -0.05) is 12.0 Å². The van der Waals surface area contributed by atoms with Crippen LogP contribution in [0.15, 0.2) is 42.6 Å². The van der Waals surface area contributed by atoms with Gasteiger partial charge in [-0.05, 0) is 30.3 Å². The number of terminal acetylenes is 1. The van der Waals surface area contributed by atoms with Gasteiger partial charge in [0.1, 0.15) is 11.9 Å². The molecule has 0 saturated carbocycles. The van der Waals surface area contributed by atoms with Crippen molar-refractivity contribution in [1.29, 1.82) is 5.26 Å². The van der Waals surface area contributed by atoms with E-state index in [4.69, 9.17) is 11.7 Å². The molecule has 0 radical (unpaired) electrons. The molecule has 2 rings (SSSR count). The van der Waals surface area contributed by atoms with E-state index < -0.39 is 0 Å². The van der Waals surface area contributed by atoms with E-state index >= 15 is 0 Å². The molecule has 0 atom stereocenters. The number of aromatic nitrogens is 1. The summed E-state index contributed by atoms with van der Waals surface area (Å²) in [5, 5.41) is 11.8. The summed E-state index contributed by atoms with van der Waals surface area (Å²) in [7, 11) is 0. The van der Waals surface area contributed by atoms with Crippen LogP contribution in [0, 0.1) is 23.7 Å². The van der Waals surface area contributed by atoms with Crippen LogP contribution in [0.25, 0.3) is 0 Å². The van der Waals surface area contributed by atoms with E-state index in [9.17, 15) is 0 Å². The van der Waals surface area contributed by atoms with Crippen molar-refractivity contribution in [3.8, 4) is 18.4 Å². The first-order valence-electron chi connectivity index (χ1n) is 5.01. The van der Waals surface area contributed by atoms with Crippen molar-refractivity contribution in [3.63, 3.8) is 0 Å². The van der Waals surface area contributed by atoms with Gasteiger partial charge in [-0.2, -0.15) is 5.26 Å². The lowest BCUT2D eigenvalue weighted by Gasteiger charge is -2.05. The molecular formula is C14H9N3. The largest absolute Gasteiger partial charge is 0.340 e. The molecule has 0 amide bonds. The summed E-state index contributed by atoms with van der Waals surface area (Å²) >= 11 is 0. The van der Waals surface area contributed by atoms with Crippen LogP contribution in [0.3, 0.4) is 0 Å². The molecule has 0 aliphatic rings. The molecule has 0 aliphatic heterocycles. The third-order valence-electron chi connectivity index (χ3n) is 2.19. The topological polar surface area (TPSA) is 48.7 Å². The number of benzene rings is 1. The van der Waals surface area contributed by atoms with E-state index in [-0.39, 0.29) is 0 Å². The summed E-state index contributed by atoms with van der Waals surface area (Å²) in [6.45, 7) is 0. The fraction of sp³-hybridized carbons (Fsp3) is 0. The normalized spacial score (nSPS) is 9.06. The van der Waals surface area contributed by atoms with Crippen LogP contribution in [-0.4, -0.2) is 4.98 Å². The van der Waals surface area contributed by atoms with E-state index in [1.807, 2.05) is 30.3 Å². The number of nitrogens with zero attached hydrogens (tertiary/aromatic N) is 2. The molecule has 1 aromatic carbocycles. The number of nitriles is 1. The monoisotopic (exact) mass is 219 g/mol. The molecule has 1 N–H and O–H groups in total. The van der Waals surface area contributed by atoms with Gasteiger partial charge in [-0.25, -0.2) is 4.98 Å². The van der Waals surface area contributed by atoms with E-state index in [1.54, 1.807) is 12.1 Å². The molecule has 17 heavy (non-hydrogen) atoms. The second-order valence-corrected chi connectivity index (χ2v) is 3.39. The van der Waals surface area contributed by atoms with Gasteiger partial charge < -0.3 is 5.32 Å². The standard InChI is InChI=1S/C14H9N3/c1-2-11-4-3-5-13(8-11)17-14-7-6-12(9-15)10-16-14/h1,3-8,10H,(H,16,17). The third-order valence-corrected chi connectivity index (χ3v) is 2.19. The van der Waals surface area contributed by atoms with Crippen molar-refractivity contribution < 1.29 is 0 Å². The van der Waals surface area contributed by atoms with E-state index in [0.717, 1.165) is 11.3 Å². The number of rotatable bonds is 2. The minimum Gasteiger partial charge on any atom is -0.340 e. The van der Waals surface area contributed by atoms with Crippen LogP contribution in [0.5, 0.6) is 0 Å². The van der Waals surface area contributed by atoms with Gasteiger partial charge in [0.2, 0.25) is 0 Å². The Bertz CT molecular complexity index is 601. The first-order valence-corrected chi connectivity index (χ1v) is 5.01. The second kappa shape index (κ2) is 4.83. The zero-order valence-corrected chi connectivity index (χ0v) is 9.01. The summed E-state index contributed by atoms with van der Waals surface area (Å²) in [6.07, 6.45) is 6.84. The Kier molecular flexibility index (Phi) is 3.05. The van der Waals surface area contributed by atoms with Gasteiger partial charge in [0, 0.05) is 17.4 Å². The molecule has 0 bridgehead atoms. The van der Waals surface area contributed by atoms with Crippen LogP contribution in [0.4, 0.5) is 11.5 Å². The Balaban J connectivity index is 2.20. The molecule has 3 nitrogen and oxygen atoms in total. The first-order chi connectivity index (χ1) is 8.31. The Morgan fingerprint density at radius 2 is 2.06 bits per heavy atom. The van der Waals surface area contributed by atoms with E-state index in [2.05, 4.69) is 16.2 Å². The third kappa shape index (κ3) is 2.62. The molecule has 0 saturated heterocycles. The van der Waals surface area contributed by atoms with Crippen molar-refractivity contribution >= 4 is 11.5 Å². The average Bonchev–Trinajstić information content (AvgIpc) is 2.40. The highest BCUT2D eigenvalue weighted by molar-refractivity contribution is 5.59. The van der Waals surface area contributed by atoms with Gasteiger partial charge in [-0.15, -0.1) is 6.42 Å². The Labute approximate surface area is 99.7 Å². The zero-order valence-electron chi connectivity index (χ0n) is 9.01. The molecular weight excluding hydrogens is 210 g/mol. The first kappa shape index (κ1) is 10.7. The molecule has 0 spiro atoms. The van der Waals surface area contributed by atoms with E-state index in [0.29, 0.717) is 11.4 Å². The number of nitrogens with one attached hydrogen (secondary N) is 1. The zero-order chi connectivity index (χ0) is 12.1. The molecule has 1 aromatic heterocycles. The summed E-state index contributed by atoms with van der Waals surface area (Å²) in [5.74, 6) is 3.25. The maximum Gasteiger partial charge on any atom is 0.130 e. The molecule has 2 aromatic rings. The van der Waals surface area contributed by atoms with Crippen LogP contribution in [-0.2, 0) is 0 Å². The van der Waals surface area contributed by atoms with Gasteiger partial charge in [0.15, 0.2) is 0 Å². The summed E-state index contributed by atoms with van der Waals surface area (Å²) < 4.78 is 0. The molecule has 0 fully saturated rings. The Hall–Kier alpha value is -2.78. The van der Waals surface area contributed by atoms with Crippen LogP contribution in [0.1, 0.15) is 11.1 Å². The summed E-state index contributed by atoms with van der Waals surface area (Å²) in [4.78, 5) is 4.12. The van der Waals surface area contributed by atoms with Gasteiger partial charge in [0.25, 0.3) is 0 Å². The van der Waals surface area contributed by atoms with Crippen molar-refractivity contribution in [1.82, 2.24) is 4.98 Å². The van der Waals surface area contributed by atoms with Crippen molar-refractivity contribution in [2.45, 2.75) is 0 Å². The average molecular weight is 219 g/mol. The van der Waals surface area contributed by atoms with Gasteiger partial charge >= 0.3 is 0 Å². The minimum atomic E-state index is 0.535. The minimum absolute atomic E-state index is 0.535. The Morgan fingerprint density at radius 3 is 2.71 bits per heavy atom. The maximum absolute atomic E-state index is 8.65. The molecule has 1 heterocycles. The highest BCUT2D eigenvalue weighted by atomic mass is 15.0. The number of anilines is 2. The molecule has 0 aliphatic carbocycles. The maximum atomic E-state index is 8.65. The highest BCUT2D eigenvalue weighted by Gasteiger charge is 1.97. The van der Waals surface area contributed by atoms with Crippen LogP contribution in [0.2, 0.25) is 0 Å². The van der Waals surface area contributed by atoms with Gasteiger partial charge in [-0.3, -0.25) is 0 Å². The SMILES string of the molecule is C#Cc1cccc(Nc2ccc(C#N)cn2)c1. The van der Waals surface area contributed by atoms with E-state index in [1.165, 1.54) is 6.20 Å². The van der Waals surface area contributed by atoms with Crippen molar-refractivity contribution in [3.05, 3.63) is 53.7 Å². The Morgan fingerprint density at radius 1 is 1.18 bits per heavy atom. The van der Waals surface area contributed by atoms with Crippen molar-refractivity contribution in [2.75, 3.05) is 5.32 Å². The fourth-order valence-corrected chi connectivity index (χ4v) is 1.37. The van der Waals surface area contributed by atoms with Gasteiger partial charge in [0.05, 0.1) is 5.56 Å².